The second-order valence-corrected chi connectivity index (χ2v) is 7.16. The Bertz CT molecular complexity index is 1040. The third kappa shape index (κ3) is 5.39. The minimum absolute atomic E-state index is 0. The molecule has 1 amide bonds. The molecule has 2 heterocycles. The van der Waals surface area contributed by atoms with Crippen LogP contribution in [0, 0.1) is 0 Å². The summed E-state index contributed by atoms with van der Waals surface area (Å²) >= 11 is 0. The minimum Gasteiger partial charge on any atom is -0.493 e. The summed E-state index contributed by atoms with van der Waals surface area (Å²) in [6, 6.07) is 15.4. The van der Waals surface area contributed by atoms with Crippen LogP contribution < -0.4 is 20.1 Å². The smallest absolute Gasteiger partial charge is 0.252 e. The fraction of sp³-hybridized carbons (Fsp3) is 0.304. The van der Waals surface area contributed by atoms with Crippen LogP contribution in [-0.4, -0.2) is 44.2 Å². The Labute approximate surface area is 194 Å². The van der Waals surface area contributed by atoms with E-state index in [9.17, 15) is 4.79 Å². The topological polar surface area (TPSA) is 72.5 Å². The summed E-state index contributed by atoms with van der Waals surface area (Å²) in [5.74, 6) is 1.21. The molecule has 1 unspecified atom stereocenters. The van der Waals surface area contributed by atoms with E-state index in [0.717, 1.165) is 48.1 Å². The molecule has 8 heteroatoms. The fourth-order valence-electron chi connectivity index (χ4n) is 3.74. The highest BCUT2D eigenvalue weighted by Gasteiger charge is 2.19. The number of carbonyl (C=O) groups excluding carboxylic acids is 1. The molecular formula is C23H27Cl2N3O3. The highest BCUT2D eigenvalue weighted by Crippen LogP contribution is 2.33. The SMILES string of the molecule is COc1ccc(-c2cc(C(=O)NC3CCCNC3)c3ccccc3n2)cc1OC.Cl.Cl. The minimum atomic E-state index is -0.0703. The van der Waals surface area contributed by atoms with E-state index < -0.39 is 0 Å². The van der Waals surface area contributed by atoms with E-state index in [0.29, 0.717) is 17.1 Å². The van der Waals surface area contributed by atoms with Gasteiger partial charge in [0.2, 0.25) is 0 Å². The lowest BCUT2D eigenvalue weighted by atomic mass is 10.0. The standard InChI is InChI=1S/C23H25N3O3.2ClH/c1-28-21-10-9-15(12-22(21)29-2)20-13-18(17-7-3-4-8-19(17)26-20)23(27)25-16-6-5-11-24-14-16;;/h3-4,7-10,12-13,16,24H,5-6,11,14H2,1-2H3,(H,25,27);2*1H. The summed E-state index contributed by atoms with van der Waals surface area (Å²) in [6.07, 6.45) is 2.06. The van der Waals surface area contributed by atoms with Gasteiger partial charge in [-0.3, -0.25) is 4.79 Å². The number of ether oxygens (including phenoxy) is 2. The maximum absolute atomic E-state index is 13.1. The van der Waals surface area contributed by atoms with Crippen molar-refractivity contribution in [1.82, 2.24) is 15.6 Å². The van der Waals surface area contributed by atoms with Crippen molar-refractivity contribution < 1.29 is 14.3 Å². The summed E-state index contributed by atoms with van der Waals surface area (Å²) < 4.78 is 10.8. The number of benzene rings is 2. The number of methoxy groups -OCH3 is 2. The monoisotopic (exact) mass is 463 g/mol. The average molecular weight is 464 g/mol. The van der Waals surface area contributed by atoms with E-state index in [1.807, 2.05) is 48.5 Å². The van der Waals surface area contributed by atoms with Crippen LogP contribution in [0.5, 0.6) is 11.5 Å². The first kappa shape index (κ1) is 24.7. The predicted octanol–water partition coefficient (Wildman–Crippen LogP) is 4.24. The lowest BCUT2D eigenvalue weighted by Gasteiger charge is -2.24. The van der Waals surface area contributed by atoms with Gasteiger partial charge in [-0.2, -0.15) is 0 Å². The van der Waals surface area contributed by atoms with E-state index in [2.05, 4.69) is 10.6 Å². The molecule has 6 nitrogen and oxygen atoms in total. The van der Waals surface area contributed by atoms with Gasteiger partial charge in [0.1, 0.15) is 0 Å². The Balaban J connectivity index is 0.00000171. The number of pyridine rings is 1. The number of aromatic nitrogens is 1. The Morgan fingerprint density at radius 2 is 1.84 bits per heavy atom. The third-order valence-electron chi connectivity index (χ3n) is 5.27. The number of fused-ring (bicyclic) bond motifs is 1. The second-order valence-electron chi connectivity index (χ2n) is 7.16. The Kier molecular flexibility index (Phi) is 8.92. The molecule has 0 radical (unpaired) electrons. The zero-order valence-electron chi connectivity index (χ0n) is 17.5. The van der Waals surface area contributed by atoms with Gasteiger partial charge in [0.15, 0.2) is 11.5 Å². The number of piperidine rings is 1. The van der Waals surface area contributed by atoms with Gasteiger partial charge in [-0.1, -0.05) is 18.2 Å². The molecule has 166 valence electrons. The molecule has 1 saturated heterocycles. The van der Waals surface area contributed by atoms with Crippen molar-refractivity contribution in [1.29, 1.82) is 0 Å². The quantitative estimate of drug-likeness (QED) is 0.591. The summed E-state index contributed by atoms with van der Waals surface area (Å²) in [6.45, 7) is 1.81. The highest BCUT2D eigenvalue weighted by molar-refractivity contribution is 6.07. The first-order chi connectivity index (χ1) is 14.2. The number of nitrogens with zero attached hydrogens (tertiary/aromatic N) is 1. The maximum Gasteiger partial charge on any atom is 0.252 e. The number of rotatable bonds is 5. The average Bonchev–Trinajstić information content (AvgIpc) is 2.78. The van der Waals surface area contributed by atoms with Gasteiger partial charge in [0, 0.05) is 23.5 Å². The van der Waals surface area contributed by atoms with Crippen LogP contribution in [-0.2, 0) is 0 Å². The van der Waals surface area contributed by atoms with Crippen LogP contribution in [0.1, 0.15) is 23.2 Å². The molecule has 2 aromatic carbocycles. The van der Waals surface area contributed by atoms with Crippen molar-refractivity contribution in [2.45, 2.75) is 18.9 Å². The van der Waals surface area contributed by atoms with Gasteiger partial charge < -0.3 is 20.1 Å². The van der Waals surface area contributed by atoms with Gasteiger partial charge in [0.25, 0.3) is 5.91 Å². The Morgan fingerprint density at radius 1 is 1.06 bits per heavy atom. The van der Waals surface area contributed by atoms with Crippen LogP contribution in [0.15, 0.2) is 48.5 Å². The fourth-order valence-corrected chi connectivity index (χ4v) is 3.74. The van der Waals surface area contributed by atoms with Crippen LogP contribution in [0.2, 0.25) is 0 Å². The number of halogens is 2. The molecule has 1 aliphatic heterocycles. The second kappa shape index (κ2) is 11.2. The van der Waals surface area contributed by atoms with Crippen molar-refractivity contribution >= 4 is 41.6 Å². The van der Waals surface area contributed by atoms with E-state index >= 15 is 0 Å². The van der Waals surface area contributed by atoms with Crippen LogP contribution >= 0.6 is 24.8 Å². The summed E-state index contributed by atoms with van der Waals surface area (Å²) in [5, 5.41) is 7.35. The molecule has 1 fully saturated rings. The summed E-state index contributed by atoms with van der Waals surface area (Å²) in [4.78, 5) is 17.9. The number of hydrogen-bond acceptors (Lipinski definition) is 5. The van der Waals surface area contributed by atoms with Crippen molar-refractivity contribution in [3.63, 3.8) is 0 Å². The maximum atomic E-state index is 13.1. The van der Waals surface area contributed by atoms with Gasteiger partial charge in [0.05, 0.1) is 31.0 Å². The normalized spacial score (nSPS) is 15.4. The van der Waals surface area contributed by atoms with E-state index in [4.69, 9.17) is 14.5 Å². The third-order valence-corrected chi connectivity index (χ3v) is 5.27. The zero-order chi connectivity index (χ0) is 20.2. The molecule has 1 atom stereocenters. The molecule has 1 aliphatic rings. The number of nitrogens with one attached hydrogen (secondary N) is 2. The molecule has 31 heavy (non-hydrogen) atoms. The van der Waals surface area contributed by atoms with Gasteiger partial charge >= 0.3 is 0 Å². The van der Waals surface area contributed by atoms with Crippen LogP contribution in [0.3, 0.4) is 0 Å². The first-order valence-electron chi connectivity index (χ1n) is 9.83. The van der Waals surface area contributed by atoms with E-state index in [1.165, 1.54) is 0 Å². The summed E-state index contributed by atoms with van der Waals surface area (Å²) in [5.41, 5.74) is 3.00. The van der Waals surface area contributed by atoms with Gasteiger partial charge in [-0.25, -0.2) is 4.98 Å². The Hall–Kier alpha value is -2.54. The van der Waals surface area contributed by atoms with Crippen molar-refractivity contribution in [2.75, 3.05) is 27.3 Å². The number of amides is 1. The largest absolute Gasteiger partial charge is 0.493 e. The molecule has 1 aromatic heterocycles. The molecule has 0 saturated carbocycles. The lowest BCUT2D eigenvalue weighted by Crippen LogP contribution is -2.45. The van der Waals surface area contributed by atoms with E-state index in [1.54, 1.807) is 14.2 Å². The lowest BCUT2D eigenvalue weighted by molar-refractivity contribution is 0.0932. The van der Waals surface area contributed by atoms with Gasteiger partial charge in [-0.05, 0) is 49.7 Å². The number of para-hydroxylation sites is 1. The summed E-state index contributed by atoms with van der Waals surface area (Å²) in [7, 11) is 3.21. The van der Waals surface area contributed by atoms with Gasteiger partial charge in [-0.15, -0.1) is 24.8 Å². The highest BCUT2D eigenvalue weighted by atomic mass is 35.5. The van der Waals surface area contributed by atoms with Crippen molar-refractivity contribution in [3.05, 3.63) is 54.1 Å². The molecule has 0 spiro atoms. The molecular weight excluding hydrogens is 437 g/mol. The predicted molar refractivity (Wildman–Crippen MR) is 128 cm³/mol. The number of carbonyl (C=O) groups is 1. The molecule has 0 bridgehead atoms. The number of hydrogen-bond donors (Lipinski definition) is 2. The molecule has 4 rings (SSSR count). The van der Waals surface area contributed by atoms with Crippen molar-refractivity contribution in [2.24, 2.45) is 0 Å². The van der Waals surface area contributed by atoms with Crippen LogP contribution in [0.4, 0.5) is 0 Å². The molecule has 3 aromatic rings. The molecule has 2 N–H and O–H groups in total. The van der Waals surface area contributed by atoms with E-state index in [-0.39, 0.29) is 36.8 Å². The Morgan fingerprint density at radius 3 is 2.55 bits per heavy atom. The van der Waals surface area contributed by atoms with Crippen molar-refractivity contribution in [3.8, 4) is 22.8 Å². The van der Waals surface area contributed by atoms with Crippen LogP contribution in [0.25, 0.3) is 22.2 Å². The first-order valence-corrected chi connectivity index (χ1v) is 9.83. The molecule has 0 aliphatic carbocycles. The zero-order valence-corrected chi connectivity index (χ0v) is 19.1.